The van der Waals surface area contributed by atoms with Crippen LogP contribution in [-0.2, 0) is 19.1 Å². The number of amides is 2. The van der Waals surface area contributed by atoms with Gasteiger partial charge in [0.25, 0.3) is 0 Å². The first-order chi connectivity index (χ1) is 16.2. The maximum Gasteiger partial charge on any atom is 0.407 e. The Morgan fingerprint density at radius 1 is 0.941 bits per heavy atom. The van der Waals surface area contributed by atoms with Gasteiger partial charge in [-0.3, -0.25) is 4.79 Å². The van der Waals surface area contributed by atoms with E-state index in [1.807, 2.05) is 62.4 Å². The summed E-state index contributed by atoms with van der Waals surface area (Å²) in [6.45, 7) is 5.45. The van der Waals surface area contributed by atoms with Gasteiger partial charge in [0, 0.05) is 13.0 Å². The quantitative estimate of drug-likeness (QED) is 0.491. The minimum Gasteiger partial charge on any atom is -0.480 e. The van der Waals surface area contributed by atoms with Crippen LogP contribution in [0.1, 0.15) is 44.2 Å². The number of carbonyl (C=O) groups excluding carboxylic acids is 2. The predicted octanol–water partition coefficient (Wildman–Crippen LogP) is 3.54. The average molecular weight is 469 g/mol. The monoisotopic (exact) mass is 468 g/mol. The summed E-state index contributed by atoms with van der Waals surface area (Å²) >= 11 is 0. The molecule has 0 saturated carbocycles. The molecule has 182 valence electrons. The summed E-state index contributed by atoms with van der Waals surface area (Å²) in [4.78, 5) is 37.1. The van der Waals surface area contributed by atoms with Crippen molar-refractivity contribution in [1.29, 1.82) is 0 Å². The van der Waals surface area contributed by atoms with E-state index in [1.54, 1.807) is 6.92 Å². The van der Waals surface area contributed by atoms with Crippen LogP contribution in [0.25, 0.3) is 11.1 Å². The molecule has 2 aromatic carbocycles. The van der Waals surface area contributed by atoms with Gasteiger partial charge in [0.2, 0.25) is 5.91 Å². The highest BCUT2D eigenvalue weighted by Gasteiger charge is 2.33. The number of fused-ring (bicyclic) bond motifs is 3. The van der Waals surface area contributed by atoms with Crippen LogP contribution in [0.15, 0.2) is 48.5 Å². The molecule has 0 bridgehead atoms. The molecular formula is C26H32N2O6. The molecule has 3 N–H and O–H groups in total. The lowest BCUT2D eigenvalue weighted by atomic mass is 9.98. The zero-order valence-corrected chi connectivity index (χ0v) is 19.9. The summed E-state index contributed by atoms with van der Waals surface area (Å²) < 4.78 is 10.8. The van der Waals surface area contributed by atoms with Crippen LogP contribution in [0.3, 0.4) is 0 Å². The van der Waals surface area contributed by atoms with E-state index in [9.17, 15) is 19.5 Å². The van der Waals surface area contributed by atoms with E-state index in [0.717, 1.165) is 22.3 Å². The van der Waals surface area contributed by atoms with Crippen molar-refractivity contribution < 1.29 is 29.0 Å². The third kappa shape index (κ3) is 5.75. The van der Waals surface area contributed by atoms with Gasteiger partial charge in [-0.1, -0.05) is 62.4 Å². The summed E-state index contributed by atoms with van der Waals surface area (Å²) in [6.07, 6.45) is -1.21. The van der Waals surface area contributed by atoms with Gasteiger partial charge in [-0.2, -0.15) is 0 Å². The minimum absolute atomic E-state index is 0.0646. The number of hydrogen-bond donors (Lipinski definition) is 3. The average Bonchev–Trinajstić information content (AvgIpc) is 3.13. The Balaban J connectivity index is 1.68. The summed E-state index contributed by atoms with van der Waals surface area (Å²) in [5.41, 5.74) is 4.38. The van der Waals surface area contributed by atoms with Crippen LogP contribution in [0.5, 0.6) is 0 Å². The number of nitrogens with one attached hydrogen (secondary N) is 2. The van der Waals surface area contributed by atoms with Crippen molar-refractivity contribution in [3.8, 4) is 11.1 Å². The van der Waals surface area contributed by atoms with Gasteiger partial charge in [-0.15, -0.1) is 0 Å². The number of aliphatic carboxylic acids is 1. The number of alkyl carbamates (subject to hydrolysis) is 1. The molecule has 0 fully saturated rings. The normalized spacial score (nSPS) is 15.1. The summed E-state index contributed by atoms with van der Waals surface area (Å²) in [5.74, 6) is -1.83. The van der Waals surface area contributed by atoms with E-state index in [0.29, 0.717) is 0 Å². The van der Waals surface area contributed by atoms with Gasteiger partial charge >= 0.3 is 12.1 Å². The third-order valence-electron chi connectivity index (χ3n) is 6.06. The fraction of sp³-hybridized carbons (Fsp3) is 0.423. The lowest BCUT2D eigenvalue weighted by Gasteiger charge is -2.25. The molecule has 0 aliphatic heterocycles. The van der Waals surface area contributed by atoms with Crippen molar-refractivity contribution in [3.05, 3.63) is 59.7 Å². The Hall–Kier alpha value is -3.39. The minimum atomic E-state index is -1.13. The Bertz CT molecular complexity index is 992. The fourth-order valence-corrected chi connectivity index (χ4v) is 4.25. The molecule has 3 atom stereocenters. The number of ether oxygens (including phenoxy) is 2. The number of carboxylic acid groups (broad SMARTS) is 1. The van der Waals surface area contributed by atoms with Crippen molar-refractivity contribution in [2.45, 2.75) is 51.3 Å². The highest BCUT2D eigenvalue weighted by atomic mass is 16.5. The highest BCUT2D eigenvalue weighted by Crippen LogP contribution is 2.44. The lowest BCUT2D eigenvalue weighted by molar-refractivity contribution is -0.143. The Kier molecular flexibility index (Phi) is 8.28. The molecule has 0 saturated heterocycles. The van der Waals surface area contributed by atoms with Crippen LogP contribution >= 0.6 is 0 Å². The van der Waals surface area contributed by atoms with Gasteiger partial charge in [0.05, 0.1) is 6.10 Å². The molecule has 8 nitrogen and oxygen atoms in total. The number of carbonyl (C=O) groups is 3. The molecule has 3 rings (SSSR count). The molecule has 0 heterocycles. The highest BCUT2D eigenvalue weighted by molar-refractivity contribution is 5.89. The maximum atomic E-state index is 12.8. The van der Waals surface area contributed by atoms with Crippen molar-refractivity contribution in [3.63, 3.8) is 0 Å². The molecule has 0 aromatic heterocycles. The van der Waals surface area contributed by atoms with Crippen LogP contribution in [0.2, 0.25) is 0 Å². The predicted molar refractivity (Wildman–Crippen MR) is 127 cm³/mol. The molecule has 1 aliphatic rings. The van der Waals surface area contributed by atoms with Crippen LogP contribution in [0, 0.1) is 5.92 Å². The van der Waals surface area contributed by atoms with E-state index in [2.05, 4.69) is 10.6 Å². The number of methoxy groups -OCH3 is 1. The summed E-state index contributed by atoms with van der Waals surface area (Å²) in [6, 6.07) is 13.8. The van der Waals surface area contributed by atoms with Crippen molar-refractivity contribution in [2.24, 2.45) is 5.92 Å². The molecule has 1 aliphatic carbocycles. The van der Waals surface area contributed by atoms with Crippen LogP contribution in [0.4, 0.5) is 4.79 Å². The van der Waals surface area contributed by atoms with E-state index in [-0.39, 0.29) is 24.9 Å². The molecule has 34 heavy (non-hydrogen) atoms. The number of hydrogen-bond acceptors (Lipinski definition) is 5. The number of rotatable bonds is 10. The van der Waals surface area contributed by atoms with Crippen molar-refractivity contribution in [1.82, 2.24) is 10.6 Å². The van der Waals surface area contributed by atoms with E-state index >= 15 is 0 Å². The standard InChI is InChI=1S/C26H32N2O6/c1-15(2)13-22(25(30)31)27-24(29)23(16(3)33-4)28-26(32)34-14-21-19-11-7-5-9-17(19)18-10-6-8-12-20(18)21/h5-12,15-16,21-23H,13-14H2,1-4H3,(H,27,29)(H,28,32)(H,30,31). The van der Waals surface area contributed by atoms with Crippen LogP contribution < -0.4 is 10.6 Å². The maximum absolute atomic E-state index is 12.8. The van der Waals surface area contributed by atoms with Gasteiger partial charge in [-0.05, 0) is 41.5 Å². The topological polar surface area (TPSA) is 114 Å². The fourth-order valence-electron chi connectivity index (χ4n) is 4.25. The number of benzene rings is 2. The van der Waals surface area contributed by atoms with E-state index < -0.39 is 36.2 Å². The second-order valence-corrected chi connectivity index (χ2v) is 8.92. The first-order valence-electron chi connectivity index (χ1n) is 11.4. The molecule has 3 unspecified atom stereocenters. The van der Waals surface area contributed by atoms with Crippen molar-refractivity contribution >= 4 is 18.0 Å². The molecular weight excluding hydrogens is 436 g/mol. The largest absolute Gasteiger partial charge is 0.480 e. The first-order valence-corrected chi connectivity index (χ1v) is 11.4. The molecule has 0 radical (unpaired) electrons. The van der Waals surface area contributed by atoms with Gasteiger partial charge in [-0.25, -0.2) is 9.59 Å². The first kappa shape index (κ1) is 25.2. The second-order valence-electron chi connectivity index (χ2n) is 8.92. The third-order valence-corrected chi connectivity index (χ3v) is 6.06. The number of carboxylic acids is 1. The Morgan fingerprint density at radius 3 is 2.00 bits per heavy atom. The summed E-state index contributed by atoms with van der Waals surface area (Å²) in [7, 11) is 1.41. The van der Waals surface area contributed by atoms with E-state index in [1.165, 1.54) is 7.11 Å². The zero-order valence-electron chi connectivity index (χ0n) is 19.9. The van der Waals surface area contributed by atoms with Gasteiger partial charge in [0.15, 0.2) is 0 Å². The molecule has 2 amide bonds. The lowest BCUT2D eigenvalue weighted by Crippen LogP contribution is -2.56. The van der Waals surface area contributed by atoms with Gasteiger partial charge < -0.3 is 25.2 Å². The second kappa shape index (κ2) is 11.2. The molecule has 8 heteroatoms. The Morgan fingerprint density at radius 2 is 1.50 bits per heavy atom. The van der Waals surface area contributed by atoms with Crippen molar-refractivity contribution in [2.75, 3.05) is 13.7 Å². The summed E-state index contributed by atoms with van der Waals surface area (Å²) in [5, 5.41) is 14.5. The smallest absolute Gasteiger partial charge is 0.407 e. The zero-order chi connectivity index (χ0) is 24.8. The van der Waals surface area contributed by atoms with E-state index in [4.69, 9.17) is 9.47 Å². The SMILES string of the molecule is COC(C)C(NC(=O)OCC1c2ccccc2-c2ccccc21)C(=O)NC(CC(C)C)C(=O)O. The van der Waals surface area contributed by atoms with Crippen LogP contribution in [-0.4, -0.2) is 55.0 Å². The molecule has 2 aromatic rings. The Labute approximate surface area is 199 Å². The van der Waals surface area contributed by atoms with Gasteiger partial charge in [0.1, 0.15) is 18.7 Å². The molecule has 0 spiro atoms.